The molecule has 1 atom stereocenters. The summed E-state index contributed by atoms with van der Waals surface area (Å²) < 4.78 is 36.4. The number of halogens is 1. The summed E-state index contributed by atoms with van der Waals surface area (Å²) in [6.45, 7) is 2.72. The second-order valence-corrected chi connectivity index (χ2v) is 8.49. The molecule has 3 aromatic carbocycles. The normalized spacial score (nSPS) is 15.1. The molecule has 1 aliphatic rings. The van der Waals surface area contributed by atoms with Gasteiger partial charge in [-0.1, -0.05) is 35.9 Å². The van der Waals surface area contributed by atoms with Crippen molar-refractivity contribution in [1.29, 1.82) is 0 Å². The Balaban J connectivity index is 1.52. The maximum absolute atomic E-state index is 13.7. The fourth-order valence-electron chi connectivity index (χ4n) is 4.33. The van der Waals surface area contributed by atoms with E-state index in [4.69, 9.17) is 18.6 Å². The van der Waals surface area contributed by atoms with Crippen molar-refractivity contribution >= 4 is 23.1 Å². The second-order valence-electron chi connectivity index (χ2n) is 8.49. The average molecular weight is 477 g/mol. The van der Waals surface area contributed by atoms with Gasteiger partial charge in [-0.05, 0) is 36.2 Å². The van der Waals surface area contributed by atoms with Crippen LogP contribution in [0.2, 0.25) is 0 Å². The number of rotatable bonds is 6. The Hall–Kier alpha value is -4.07. The molecule has 1 aromatic heterocycles. The molecule has 180 valence electrons. The minimum absolute atomic E-state index is 0.226. The maximum Gasteiger partial charge on any atom is 0.329 e. The summed E-state index contributed by atoms with van der Waals surface area (Å²) in [5, 5.41) is 0. The Labute approximate surface area is 202 Å². The lowest BCUT2D eigenvalue weighted by Crippen LogP contribution is -2.46. The highest BCUT2D eigenvalue weighted by atomic mass is 19.1. The maximum atomic E-state index is 13.7. The molecule has 0 radical (unpaired) electrons. The van der Waals surface area contributed by atoms with Gasteiger partial charge in [0.2, 0.25) is 0 Å². The summed E-state index contributed by atoms with van der Waals surface area (Å²) in [5.41, 5.74) is 4.82. The van der Waals surface area contributed by atoms with E-state index in [0.717, 1.165) is 16.7 Å². The fourth-order valence-corrected chi connectivity index (χ4v) is 4.33. The van der Waals surface area contributed by atoms with Crippen LogP contribution in [-0.2, 0) is 29.1 Å². The van der Waals surface area contributed by atoms with Gasteiger partial charge in [-0.25, -0.2) is 9.18 Å². The van der Waals surface area contributed by atoms with Gasteiger partial charge in [0, 0.05) is 24.6 Å². The summed E-state index contributed by atoms with van der Waals surface area (Å²) in [5.74, 6) is 0.330. The van der Waals surface area contributed by atoms with E-state index in [1.165, 1.54) is 24.8 Å². The molecule has 0 saturated heterocycles. The van der Waals surface area contributed by atoms with E-state index in [2.05, 4.69) is 4.98 Å². The van der Waals surface area contributed by atoms with Gasteiger partial charge in [-0.15, -0.1) is 0 Å². The molecular formula is C27H25FN2O5. The quantitative estimate of drug-likeness (QED) is 0.364. The second kappa shape index (κ2) is 9.29. The number of aromatic nitrogens is 1. The number of anilines is 1. The number of nitrogens with zero attached hydrogens (tertiary/aromatic N) is 2. The van der Waals surface area contributed by atoms with Gasteiger partial charge in [-0.3, -0.25) is 0 Å². The van der Waals surface area contributed by atoms with Gasteiger partial charge in [0.25, 0.3) is 6.01 Å². The van der Waals surface area contributed by atoms with Crippen molar-refractivity contribution in [3.05, 3.63) is 82.7 Å². The third-order valence-corrected chi connectivity index (χ3v) is 6.22. The summed E-state index contributed by atoms with van der Waals surface area (Å²) >= 11 is 0. The third-order valence-electron chi connectivity index (χ3n) is 6.22. The van der Waals surface area contributed by atoms with Gasteiger partial charge in [0.05, 0.1) is 14.2 Å². The molecule has 7 nitrogen and oxygen atoms in total. The molecule has 8 heteroatoms. The van der Waals surface area contributed by atoms with E-state index < -0.39 is 17.8 Å². The van der Waals surface area contributed by atoms with Crippen molar-refractivity contribution in [2.24, 2.45) is 0 Å². The number of esters is 1. The average Bonchev–Trinajstić information content (AvgIpc) is 3.30. The van der Waals surface area contributed by atoms with E-state index in [9.17, 15) is 9.18 Å². The highest BCUT2D eigenvalue weighted by Gasteiger charge is 2.37. The standard InChI is InChI=1S/C27H25FN2O5/c1-16-4-6-17(7-5-16)15-34-25-20-13-22(26(31)33-3)30(14-18(20)8-11-23(25)32-2)27-29-21-10-9-19(28)12-24(21)35-27/h4-12,22H,13-15H2,1-3H3. The first-order valence-electron chi connectivity index (χ1n) is 11.2. The van der Waals surface area contributed by atoms with Crippen LogP contribution in [-0.4, -0.2) is 31.2 Å². The van der Waals surface area contributed by atoms with Gasteiger partial charge >= 0.3 is 5.97 Å². The first-order chi connectivity index (χ1) is 17.0. The van der Waals surface area contributed by atoms with Crippen LogP contribution >= 0.6 is 0 Å². The van der Waals surface area contributed by atoms with Gasteiger partial charge in [-0.2, -0.15) is 4.98 Å². The Morgan fingerprint density at radius 3 is 2.69 bits per heavy atom. The molecule has 0 N–H and O–H groups in total. The molecular weight excluding hydrogens is 451 g/mol. The van der Waals surface area contributed by atoms with Crippen LogP contribution in [0.25, 0.3) is 11.1 Å². The van der Waals surface area contributed by atoms with E-state index >= 15 is 0 Å². The number of oxazole rings is 1. The molecule has 1 aliphatic heterocycles. The molecule has 2 heterocycles. The van der Waals surface area contributed by atoms with Crippen LogP contribution in [0.3, 0.4) is 0 Å². The fraction of sp³-hybridized carbons (Fsp3) is 0.259. The van der Waals surface area contributed by atoms with Crippen molar-refractivity contribution < 1.29 is 27.8 Å². The number of hydrogen-bond donors (Lipinski definition) is 0. The predicted octanol–water partition coefficient (Wildman–Crippen LogP) is 4.97. The van der Waals surface area contributed by atoms with Crippen LogP contribution in [0.1, 0.15) is 22.3 Å². The Morgan fingerprint density at radius 1 is 1.14 bits per heavy atom. The Kier molecular flexibility index (Phi) is 6.03. The van der Waals surface area contributed by atoms with Gasteiger partial charge in [0.1, 0.15) is 24.0 Å². The zero-order chi connectivity index (χ0) is 24.5. The van der Waals surface area contributed by atoms with Crippen molar-refractivity contribution in [1.82, 2.24) is 4.98 Å². The first kappa shape index (κ1) is 22.7. The molecule has 0 amide bonds. The van der Waals surface area contributed by atoms with E-state index in [1.54, 1.807) is 18.1 Å². The van der Waals surface area contributed by atoms with Crippen LogP contribution in [0.15, 0.2) is 59.0 Å². The summed E-state index contributed by atoms with van der Waals surface area (Å²) in [4.78, 5) is 19.1. The lowest BCUT2D eigenvalue weighted by Gasteiger charge is -2.35. The summed E-state index contributed by atoms with van der Waals surface area (Å²) in [6, 6.07) is 15.6. The van der Waals surface area contributed by atoms with E-state index in [-0.39, 0.29) is 6.01 Å². The summed E-state index contributed by atoms with van der Waals surface area (Å²) in [7, 11) is 2.93. The topological polar surface area (TPSA) is 74.0 Å². The van der Waals surface area contributed by atoms with Crippen molar-refractivity contribution in [2.45, 2.75) is 32.5 Å². The van der Waals surface area contributed by atoms with Crippen LogP contribution in [0, 0.1) is 12.7 Å². The lowest BCUT2D eigenvalue weighted by molar-refractivity contribution is -0.142. The van der Waals surface area contributed by atoms with E-state index in [0.29, 0.717) is 42.2 Å². The molecule has 35 heavy (non-hydrogen) atoms. The minimum Gasteiger partial charge on any atom is -0.493 e. The largest absolute Gasteiger partial charge is 0.493 e. The van der Waals surface area contributed by atoms with Crippen molar-refractivity contribution in [3.63, 3.8) is 0 Å². The Bertz CT molecular complexity index is 1380. The number of carbonyl (C=O) groups is 1. The number of methoxy groups -OCH3 is 2. The molecule has 1 unspecified atom stereocenters. The van der Waals surface area contributed by atoms with E-state index in [1.807, 2.05) is 43.3 Å². The molecule has 4 aromatic rings. The molecule has 0 aliphatic carbocycles. The number of carbonyl (C=O) groups excluding carboxylic acids is 1. The zero-order valence-corrected chi connectivity index (χ0v) is 19.7. The molecule has 0 bridgehead atoms. The number of fused-ring (bicyclic) bond motifs is 2. The van der Waals surface area contributed by atoms with Crippen LogP contribution in [0.5, 0.6) is 11.5 Å². The number of benzene rings is 3. The highest BCUT2D eigenvalue weighted by molar-refractivity contribution is 5.82. The number of aryl methyl sites for hydroxylation is 1. The lowest BCUT2D eigenvalue weighted by atomic mass is 9.92. The van der Waals surface area contributed by atoms with Crippen molar-refractivity contribution in [2.75, 3.05) is 19.1 Å². The SMILES string of the molecule is COC(=O)C1Cc2c(ccc(OC)c2OCc2ccc(C)cc2)CN1c1nc2ccc(F)cc2o1. The highest BCUT2D eigenvalue weighted by Crippen LogP contribution is 2.40. The summed E-state index contributed by atoms with van der Waals surface area (Å²) in [6.07, 6.45) is 0.301. The zero-order valence-electron chi connectivity index (χ0n) is 19.7. The molecule has 0 saturated carbocycles. The third kappa shape index (κ3) is 4.39. The van der Waals surface area contributed by atoms with Gasteiger partial charge in [0.15, 0.2) is 17.1 Å². The van der Waals surface area contributed by atoms with Gasteiger partial charge < -0.3 is 23.5 Å². The van der Waals surface area contributed by atoms with Crippen LogP contribution in [0.4, 0.5) is 10.4 Å². The first-order valence-corrected chi connectivity index (χ1v) is 11.2. The smallest absolute Gasteiger partial charge is 0.329 e. The number of hydrogen-bond acceptors (Lipinski definition) is 7. The van der Waals surface area contributed by atoms with Crippen LogP contribution < -0.4 is 14.4 Å². The van der Waals surface area contributed by atoms with Crippen molar-refractivity contribution in [3.8, 4) is 11.5 Å². The predicted molar refractivity (Wildman–Crippen MR) is 128 cm³/mol. The minimum atomic E-state index is -0.709. The Morgan fingerprint density at radius 2 is 1.94 bits per heavy atom. The molecule has 5 rings (SSSR count). The molecule has 0 spiro atoms. The number of ether oxygens (including phenoxy) is 3. The molecule has 0 fully saturated rings. The monoisotopic (exact) mass is 476 g/mol.